The van der Waals surface area contributed by atoms with E-state index >= 15 is 0 Å². The number of nitrogens with one attached hydrogen (secondary N) is 2. The van der Waals surface area contributed by atoms with Gasteiger partial charge in [-0.3, -0.25) is 14.5 Å². The molecule has 0 unspecified atom stereocenters. The lowest BCUT2D eigenvalue weighted by molar-refractivity contribution is -0.136. The molecule has 4 amide bonds. The Kier molecular flexibility index (Phi) is 7.91. The molecule has 2 heterocycles. The second-order valence-corrected chi connectivity index (χ2v) is 10.6. The number of hydrogen-bond donors (Lipinski definition) is 2. The summed E-state index contributed by atoms with van der Waals surface area (Å²) in [5.74, 6) is 0.735. The number of urea groups is 1. The van der Waals surface area contributed by atoms with Crippen molar-refractivity contribution in [3.8, 4) is 11.5 Å². The molecule has 0 saturated carbocycles. The van der Waals surface area contributed by atoms with Gasteiger partial charge in [-0.1, -0.05) is 91.0 Å². The van der Waals surface area contributed by atoms with Crippen LogP contribution in [0.25, 0.3) is 0 Å². The van der Waals surface area contributed by atoms with Crippen LogP contribution in [0.3, 0.4) is 0 Å². The van der Waals surface area contributed by atoms with Gasteiger partial charge in [0.05, 0.1) is 23.9 Å². The SMILES string of the molecule is CN1C(=O)N[C@@H](c2cccc(Oc3ccccc3)c2)C2=C1CN([C@H](Cc1ccccc1)C(=O)NCc1ccccc1)C2=O. The average Bonchev–Trinajstić information content (AvgIpc) is 3.39. The minimum atomic E-state index is -0.777. The number of hydrogen-bond acceptors (Lipinski definition) is 4. The third-order valence-electron chi connectivity index (χ3n) is 7.82. The highest BCUT2D eigenvalue weighted by Gasteiger charge is 2.46. The first kappa shape index (κ1) is 27.8. The highest BCUT2D eigenvalue weighted by molar-refractivity contribution is 6.03. The molecule has 4 aromatic carbocycles. The number of para-hydroxylation sites is 1. The summed E-state index contributed by atoms with van der Waals surface area (Å²) in [6.45, 7) is 0.488. The molecule has 0 spiro atoms. The number of nitrogens with zero attached hydrogens (tertiary/aromatic N) is 2. The predicted molar refractivity (Wildman–Crippen MR) is 163 cm³/mol. The predicted octanol–water partition coefficient (Wildman–Crippen LogP) is 5.20. The van der Waals surface area contributed by atoms with Crippen LogP contribution in [0.2, 0.25) is 0 Å². The van der Waals surface area contributed by atoms with Gasteiger partial charge in [0.2, 0.25) is 5.91 Å². The molecular weight excluding hydrogens is 540 g/mol. The Bertz CT molecular complexity index is 1660. The van der Waals surface area contributed by atoms with E-state index in [2.05, 4.69) is 10.6 Å². The minimum Gasteiger partial charge on any atom is -0.457 e. The molecule has 216 valence electrons. The minimum absolute atomic E-state index is 0.144. The lowest BCUT2D eigenvalue weighted by Gasteiger charge is -2.31. The van der Waals surface area contributed by atoms with Crippen molar-refractivity contribution in [3.05, 3.63) is 143 Å². The quantitative estimate of drug-likeness (QED) is 0.289. The topological polar surface area (TPSA) is 91.0 Å². The van der Waals surface area contributed by atoms with Gasteiger partial charge < -0.3 is 20.3 Å². The summed E-state index contributed by atoms with van der Waals surface area (Å²) in [7, 11) is 1.65. The Morgan fingerprint density at radius 3 is 2.19 bits per heavy atom. The number of carbonyl (C=O) groups is 3. The van der Waals surface area contributed by atoms with Gasteiger partial charge in [0.15, 0.2) is 0 Å². The van der Waals surface area contributed by atoms with E-state index in [1.807, 2.05) is 115 Å². The van der Waals surface area contributed by atoms with Gasteiger partial charge in [-0.15, -0.1) is 0 Å². The van der Waals surface area contributed by atoms with Crippen LogP contribution < -0.4 is 15.4 Å². The molecule has 4 aromatic rings. The van der Waals surface area contributed by atoms with E-state index < -0.39 is 12.1 Å². The molecule has 0 fully saturated rings. The van der Waals surface area contributed by atoms with Crippen LogP contribution in [0.15, 0.2) is 127 Å². The molecule has 0 aromatic heterocycles. The van der Waals surface area contributed by atoms with Crippen LogP contribution in [0.5, 0.6) is 11.5 Å². The molecule has 2 aliphatic heterocycles. The Morgan fingerprint density at radius 1 is 0.860 bits per heavy atom. The van der Waals surface area contributed by atoms with E-state index in [1.165, 1.54) is 4.90 Å². The van der Waals surface area contributed by atoms with Crippen LogP contribution in [0, 0.1) is 0 Å². The molecule has 0 saturated heterocycles. The molecule has 0 radical (unpaired) electrons. The highest BCUT2D eigenvalue weighted by atomic mass is 16.5. The fourth-order valence-corrected chi connectivity index (χ4v) is 5.56. The van der Waals surface area contributed by atoms with E-state index in [0.29, 0.717) is 41.3 Å². The van der Waals surface area contributed by atoms with Gasteiger partial charge in [-0.2, -0.15) is 0 Å². The van der Waals surface area contributed by atoms with Crippen LogP contribution in [0.1, 0.15) is 22.7 Å². The zero-order valence-corrected chi connectivity index (χ0v) is 23.8. The molecule has 8 heteroatoms. The zero-order chi connectivity index (χ0) is 29.8. The summed E-state index contributed by atoms with van der Waals surface area (Å²) in [5, 5.41) is 6.01. The van der Waals surface area contributed by atoms with Crippen LogP contribution >= 0.6 is 0 Å². The maximum absolute atomic E-state index is 14.2. The van der Waals surface area contributed by atoms with Crippen molar-refractivity contribution in [3.63, 3.8) is 0 Å². The molecule has 0 bridgehead atoms. The van der Waals surface area contributed by atoms with Crippen LogP contribution in [0.4, 0.5) is 4.79 Å². The summed E-state index contributed by atoms with van der Waals surface area (Å²) in [6.07, 6.45) is 0.337. The Morgan fingerprint density at radius 2 is 1.49 bits per heavy atom. The number of likely N-dealkylation sites (N-methyl/N-ethyl adjacent to an activating group) is 1. The van der Waals surface area contributed by atoms with Crippen LogP contribution in [-0.4, -0.2) is 47.3 Å². The first-order chi connectivity index (χ1) is 21.0. The Labute approximate surface area is 250 Å². The third kappa shape index (κ3) is 5.99. The summed E-state index contributed by atoms with van der Waals surface area (Å²) < 4.78 is 6.03. The molecule has 2 aliphatic rings. The highest BCUT2D eigenvalue weighted by Crippen LogP contribution is 2.38. The van der Waals surface area contributed by atoms with E-state index in [1.54, 1.807) is 11.9 Å². The summed E-state index contributed by atoms with van der Waals surface area (Å²) in [5.41, 5.74) is 3.65. The van der Waals surface area contributed by atoms with Crippen molar-refractivity contribution in [2.24, 2.45) is 0 Å². The maximum atomic E-state index is 14.2. The average molecular weight is 573 g/mol. The molecular formula is C35H32N4O4. The van der Waals surface area contributed by atoms with Crippen molar-refractivity contribution in [2.75, 3.05) is 13.6 Å². The summed E-state index contributed by atoms with van der Waals surface area (Å²) >= 11 is 0. The second kappa shape index (κ2) is 12.2. The van der Waals surface area contributed by atoms with E-state index in [-0.39, 0.29) is 24.4 Å². The summed E-state index contributed by atoms with van der Waals surface area (Å²) in [6, 6.07) is 34.3. The number of benzene rings is 4. The molecule has 0 aliphatic carbocycles. The Hall–Kier alpha value is -5.37. The van der Waals surface area contributed by atoms with Gasteiger partial charge in [0, 0.05) is 20.0 Å². The largest absolute Gasteiger partial charge is 0.457 e. The van der Waals surface area contributed by atoms with E-state index in [9.17, 15) is 14.4 Å². The normalized spacial score (nSPS) is 16.9. The number of ether oxygens (including phenoxy) is 1. The number of rotatable bonds is 9. The van der Waals surface area contributed by atoms with E-state index in [0.717, 1.165) is 11.1 Å². The smallest absolute Gasteiger partial charge is 0.322 e. The van der Waals surface area contributed by atoms with Gasteiger partial charge in [-0.05, 0) is 41.0 Å². The van der Waals surface area contributed by atoms with Crippen molar-refractivity contribution in [1.29, 1.82) is 0 Å². The second-order valence-electron chi connectivity index (χ2n) is 10.6. The van der Waals surface area contributed by atoms with Crippen LogP contribution in [-0.2, 0) is 22.6 Å². The number of amides is 4. The third-order valence-corrected chi connectivity index (χ3v) is 7.82. The van der Waals surface area contributed by atoms with Crippen molar-refractivity contribution in [2.45, 2.75) is 25.0 Å². The van der Waals surface area contributed by atoms with E-state index in [4.69, 9.17) is 4.74 Å². The lowest BCUT2D eigenvalue weighted by atomic mass is 9.95. The van der Waals surface area contributed by atoms with Crippen molar-refractivity contribution < 1.29 is 19.1 Å². The lowest BCUT2D eigenvalue weighted by Crippen LogP contribution is -2.49. The maximum Gasteiger partial charge on any atom is 0.322 e. The molecule has 43 heavy (non-hydrogen) atoms. The monoisotopic (exact) mass is 572 g/mol. The molecule has 6 rings (SSSR count). The van der Waals surface area contributed by atoms with Gasteiger partial charge in [-0.25, -0.2) is 4.79 Å². The summed E-state index contributed by atoms with van der Waals surface area (Å²) in [4.78, 5) is 44.1. The zero-order valence-electron chi connectivity index (χ0n) is 23.8. The first-order valence-electron chi connectivity index (χ1n) is 14.2. The number of carbonyl (C=O) groups excluding carboxylic acids is 3. The van der Waals surface area contributed by atoms with Crippen molar-refractivity contribution >= 4 is 17.8 Å². The molecule has 2 atom stereocenters. The fourth-order valence-electron chi connectivity index (χ4n) is 5.56. The first-order valence-corrected chi connectivity index (χ1v) is 14.2. The van der Waals surface area contributed by atoms with Gasteiger partial charge >= 0.3 is 6.03 Å². The van der Waals surface area contributed by atoms with Crippen molar-refractivity contribution in [1.82, 2.24) is 20.4 Å². The van der Waals surface area contributed by atoms with Gasteiger partial charge in [0.25, 0.3) is 5.91 Å². The molecule has 8 nitrogen and oxygen atoms in total. The molecule has 2 N–H and O–H groups in total. The van der Waals surface area contributed by atoms with Gasteiger partial charge in [0.1, 0.15) is 17.5 Å². The fraction of sp³-hybridized carbons (Fsp3) is 0.171. The standard InChI is InChI=1S/C35H32N4O4/c1-38-30-23-39(29(20-24-12-5-2-6-13-24)33(40)36-22-25-14-7-3-8-15-25)34(41)31(30)32(37-35(38)42)26-16-11-19-28(21-26)43-27-17-9-4-10-18-27/h2-19,21,29,32H,20,22-23H2,1H3,(H,36,40)(H,37,42)/t29-,32+/m1/s1. The Balaban J connectivity index is 1.29.